The lowest BCUT2D eigenvalue weighted by Crippen LogP contribution is -2.38. The molecule has 0 saturated carbocycles. The number of piperidine rings is 1. The Balaban J connectivity index is 2.40. The van der Waals surface area contributed by atoms with Gasteiger partial charge in [-0.15, -0.1) is 0 Å². The average molecular weight is 287 g/mol. The Hall–Kier alpha value is -1.66. The van der Waals surface area contributed by atoms with Crippen molar-refractivity contribution in [3.05, 3.63) is 23.3 Å². The number of likely N-dealkylation sites (tertiary alicyclic amines) is 1. The van der Waals surface area contributed by atoms with Crippen LogP contribution in [-0.2, 0) is 11.0 Å². The second-order valence-corrected chi connectivity index (χ2v) is 4.97. The van der Waals surface area contributed by atoms with Crippen molar-refractivity contribution in [3.63, 3.8) is 0 Å². The predicted molar refractivity (Wildman–Crippen MR) is 65.8 cm³/mol. The Morgan fingerprint density at radius 2 is 2.05 bits per heavy atom. The molecule has 0 aliphatic carbocycles. The highest BCUT2D eigenvalue weighted by Crippen LogP contribution is 2.32. The van der Waals surface area contributed by atoms with Crippen LogP contribution in [0.5, 0.6) is 0 Å². The van der Waals surface area contributed by atoms with Gasteiger partial charge in [0, 0.05) is 19.2 Å². The number of aromatic nitrogens is 2. The largest absolute Gasteiger partial charge is 0.433 e. The highest BCUT2D eigenvalue weighted by atomic mass is 19.4. The molecule has 1 aromatic heterocycles. The minimum absolute atomic E-state index is 0.0900. The number of aryl methyl sites for hydroxylation is 1. The molecule has 1 aromatic rings. The van der Waals surface area contributed by atoms with Crippen molar-refractivity contribution < 1.29 is 18.0 Å². The van der Waals surface area contributed by atoms with E-state index >= 15 is 0 Å². The molecule has 2 heterocycles. The number of alkyl halides is 3. The fraction of sp³-hybridized carbons (Fsp3) is 0.615. The predicted octanol–water partition coefficient (Wildman–Crippen LogP) is 2.88. The van der Waals surface area contributed by atoms with Crippen molar-refractivity contribution in [2.24, 2.45) is 0 Å². The van der Waals surface area contributed by atoms with Crippen LogP contribution in [0.15, 0.2) is 6.07 Å². The van der Waals surface area contributed by atoms with E-state index in [0.717, 1.165) is 18.9 Å². The molecule has 2 rings (SSSR count). The van der Waals surface area contributed by atoms with Gasteiger partial charge in [-0.2, -0.15) is 13.2 Å². The fourth-order valence-corrected chi connectivity index (χ4v) is 2.46. The third-order valence-electron chi connectivity index (χ3n) is 3.37. The number of halogens is 3. The second kappa shape index (κ2) is 5.38. The van der Waals surface area contributed by atoms with Crippen molar-refractivity contribution >= 4 is 5.91 Å². The molecule has 1 aliphatic rings. The normalized spacial score (nSPS) is 20.1. The molecule has 0 aromatic carbocycles. The molecule has 1 aliphatic heterocycles. The molecular formula is C13H16F3N3O. The number of nitrogens with zero attached hydrogens (tertiary/aromatic N) is 3. The standard InChI is InChI=1S/C13H16F3N3O/c1-8-7-11(13(14,15)16)18-12(17-8)10-5-3-4-6-19(10)9(2)20/h7,10H,3-6H2,1-2H3. The summed E-state index contributed by atoms with van der Waals surface area (Å²) in [7, 11) is 0. The molecule has 0 N–H and O–H groups in total. The van der Waals surface area contributed by atoms with Gasteiger partial charge in [0.25, 0.3) is 0 Å². The van der Waals surface area contributed by atoms with E-state index in [1.807, 2.05) is 0 Å². The monoisotopic (exact) mass is 287 g/mol. The molecule has 1 amide bonds. The van der Waals surface area contributed by atoms with Gasteiger partial charge in [0.05, 0.1) is 6.04 Å². The van der Waals surface area contributed by atoms with Crippen molar-refractivity contribution in [1.82, 2.24) is 14.9 Å². The van der Waals surface area contributed by atoms with Gasteiger partial charge in [0.2, 0.25) is 5.91 Å². The molecule has 1 atom stereocenters. The zero-order chi connectivity index (χ0) is 14.9. The van der Waals surface area contributed by atoms with E-state index in [2.05, 4.69) is 9.97 Å². The topological polar surface area (TPSA) is 46.1 Å². The van der Waals surface area contributed by atoms with Gasteiger partial charge >= 0.3 is 6.18 Å². The first-order valence-electron chi connectivity index (χ1n) is 6.49. The molecule has 1 fully saturated rings. The quantitative estimate of drug-likeness (QED) is 0.798. The van der Waals surface area contributed by atoms with E-state index in [4.69, 9.17) is 0 Å². The number of rotatable bonds is 1. The van der Waals surface area contributed by atoms with Crippen LogP contribution in [0.1, 0.15) is 49.4 Å². The van der Waals surface area contributed by atoms with Gasteiger partial charge < -0.3 is 4.90 Å². The molecule has 0 bridgehead atoms. The van der Waals surface area contributed by atoms with Crippen molar-refractivity contribution in [2.45, 2.75) is 45.3 Å². The van der Waals surface area contributed by atoms with Crippen LogP contribution in [0.3, 0.4) is 0 Å². The number of carbonyl (C=O) groups excluding carboxylic acids is 1. The minimum Gasteiger partial charge on any atom is -0.333 e. The van der Waals surface area contributed by atoms with E-state index < -0.39 is 17.9 Å². The maximum atomic E-state index is 12.8. The molecule has 4 nitrogen and oxygen atoms in total. The van der Waals surface area contributed by atoms with Crippen LogP contribution in [0.4, 0.5) is 13.2 Å². The highest BCUT2D eigenvalue weighted by Gasteiger charge is 2.35. The Labute approximate surface area is 115 Å². The molecular weight excluding hydrogens is 271 g/mol. The summed E-state index contributed by atoms with van der Waals surface area (Å²) in [5.74, 6) is -0.0689. The summed E-state index contributed by atoms with van der Waals surface area (Å²) in [4.78, 5) is 20.9. The Morgan fingerprint density at radius 3 is 2.65 bits per heavy atom. The summed E-state index contributed by atoms with van der Waals surface area (Å²) in [6.07, 6.45) is -2.19. The third kappa shape index (κ3) is 3.08. The molecule has 7 heteroatoms. The van der Waals surface area contributed by atoms with Crippen LogP contribution < -0.4 is 0 Å². The first-order chi connectivity index (χ1) is 9.29. The van der Waals surface area contributed by atoms with Gasteiger partial charge in [-0.3, -0.25) is 4.79 Å². The van der Waals surface area contributed by atoms with Crippen LogP contribution in [0.2, 0.25) is 0 Å². The lowest BCUT2D eigenvalue weighted by Gasteiger charge is -2.34. The van der Waals surface area contributed by atoms with E-state index in [1.54, 1.807) is 4.90 Å². The fourth-order valence-electron chi connectivity index (χ4n) is 2.46. The summed E-state index contributed by atoms with van der Waals surface area (Å²) in [6.45, 7) is 3.46. The summed E-state index contributed by atoms with van der Waals surface area (Å²) in [5.41, 5.74) is -0.689. The van der Waals surface area contributed by atoms with Crippen molar-refractivity contribution in [3.8, 4) is 0 Å². The third-order valence-corrected chi connectivity index (χ3v) is 3.37. The number of hydrogen-bond donors (Lipinski definition) is 0. The molecule has 1 saturated heterocycles. The lowest BCUT2D eigenvalue weighted by molar-refractivity contribution is -0.141. The Bertz CT molecular complexity index is 516. The summed E-state index contributed by atoms with van der Waals surface area (Å²) >= 11 is 0. The minimum atomic E-state index is -4.50. The van der Waals surface area contributed by atoms with Crippen LogP contribution in [0, 0.1) is 6.92 Å². The lowest BCUT2D eigenvalue weighted by atomic mass is 10.0. The van der Waals surface area contributed by atoms with Crippen LogP contribution in [-0.4, -0.2) is 27.3 Å². The summed E-state index contributed by atoms with van der Waals surface area (Å²) < 4.78 is 38.4. The van der Waals surface area contributed by atoms with E-state index in [0.29, 0.717) is 13.0 Å². The van der Waals surface area contributed by atoms with Gasteiger partial charge in [-0.25, -0.2) is 9.97 Å². The first-order valence-corrected chi connectivity index (χ1v) is 6.49. The van der Waals surface area contributed by atoms with Gasteiger partial charge in [0.1, 0.15) is 5.69 Å². The van der Waals surface area contributed by atoms with Crippen LogP contribution >= 0.6 is 0 Å². The molecule has 1 unspecified atom stereocenters. The van der Waals surface area contributed by atoms with E-state index in [9.17, 15) is 18.0 Å². The molecule has 0 spiro atoms. The van der Waals surface area contributed by atoms with Crippen molar-refractivity contribution in [2.75, 3.05) is 6.54 Å². The zero-order valence-electron chi connectivity index (χ0n) is 11.4. The Morgan fingerprint density at radius 1 is 1.35 bits per heavy atom. The summed E-state index contributed by atoms with van der Waals surface area (Å²) in [6, 6.07) is 0.465. The zero-order valence-corrected chi connectivity index (χ0v) is 11.4. The summed E-state index contributed by atoms with van der Waals surface area (Å²) in [5, 5.41) is 0. The van der Waals surface area contributed by atoms with Gasteiger partial charge in [-0.05, 0) is 32.3 Å². The second-order valence-electron chi connectivity index (χ2n) is 4.97. The van der Waals surface area contributed by atoms with Gasteiger partial charge in [-0.1, -0.05) is 0 Å². The van der Waals surface area contributed by atoms with Crippen LogP contribution in [0.25, 0.3) is 0 Å². The SMILES string of the molecule is CC(=O)N1CCCCC1c1nc(C)cc(C(F)(F)F)n1. The maximum Gasteiger partial charge on any atom is 0.433 e. The number of carbonyl (C=O) groups is 1. The smallest absolute Gasteiger partial charge is 0.333 e. The molecule has 20 heavy (non-hydrogen) atoms. The highest BCUT2D eigenvalue weighted by molar-refractivity contribution is 5.73. The Kier molecular flexibility index (Phi) is 3.96. The maximum absolute atomic E-state index is 12.8. The number of amides is 1. The number of hydrogen-bond acceptors (Lipinski definition) is 3. The van der Waals surface area contributed by atoms with Gasteiger partial charge in [0.15, 0.2) is 5.82 Å². The van der Waals surface area contributed by atoms with E-state index in [1.165, 1.54) is 13.8 Å². The average Bonchev–Trinajstić information content (AvgIpc) is 2.37. The molecule has 110 valence electrons. The van der Waals surface area contributed by atoms with E-state index in [-0.39, 0.29) is 17.4 Å². The van der Waals surface area contributed by atoms with Crippen molar-refractivity contribution in [1.29, 1.82) is 0 Å². The molecule has 0 radical (unpaired) electrons. The first kappa shape index (κ1) is 14.7.